The van der Waals surface area contributed by atoms with Crippen molar-refractivity contribution in [3.8, 4) is 11.3 Å². The Morgan fingerprint density at radius 1 is 0.963 bits per heavy atom. The van der Waals surface area contributed by atoms with Crippen LogP contribution >= 0.6 is 12.4 Å². The maximum atomic E-state index is 13.0. The third-order valence-corrected chi connectivity index (χ3v) is 4.58. The smallest absolute Gasteiger partial charge is 0.319 e. The van der Waals surface area contributed by atoms with Gasteiger partial charge in [0.15, 0.2) is 5.78 Å². The van der Waals surface area contributed by atoms with Gasteiger partial charge < -0.3 is 15.0 Å². The predicted molar refractivity (Wildman–Crippen MR) is 104 cm³/mol. The number of ketones is 1. The molecule has 2 aromatic carbocycles. The Balaban J connectivity index is 0.00000210. The van der Waals surface area contributed by atoms with Crippen LogP contribution in [0.3, 0.4) is 0 Å². The molecule has 6 nitrogen and oxygen atoms in total. The Bertz CT molecular complexity index is 1120. The molecule has 1 aromatic heterocycles. The fourth-order valence-electron chi connectivity index (χ4n) is 3.45. The zero-order valence-corrected chi connectivity index (χ0v) is 15.1. The molecule has 2 N–H and O–H groups in total. The number of carbonyl (C=O) groups excluding carboxylic acids is 2. The highest BCUT2D eigenvalue weighted by atomic mass is 35.5. The summed E-state index contributed by atoms with van der Waals surface area (Å²) in [4.78, 5) is 37.3. The summed E-state index contributed by atoms with van der Waals surface area (Å²) in [5.41, 5.74) is 7.42. The van der Waals surface area contributed by atoms with Gasteiger partial charge in [-0.3, -0.25) is 14.4 Å². The number of benzene rings is 2. The Kier molecular flexibility index (Phi) is 5.12. The third-order valence-electron chi connectivity index (χ3n) is 4.58. The lowest BCUT2D eigenvalue weighted by atomic mass is 10.0. The number of carbonyl (C=O) groups is 2. The summed E-state index contributed by atoms with van der Waals surface area (Å²) >= 11 is 0. The lowest BCUT2D eigenvalue weighted by Gasteiger charge is -2.15. The van der Waals surface area contributed by atoms with E-state index in [1.54, 1.807) is 30.3 Å². The van der Waals surface area contributed by atoms with E-state index in [9.17, 15) is 14.4 Å². The van der Waals surface area contributed by atoms with Gasteiger partial charge in [0.1, 0.15) is 6.61 Å². The first-order valence-electron chi connectivity index (χ1n) is 8.29. The molecule has 1 aliphatic rings. The molecule has 0 atom stereocenters. The summed E-state index contributed by atoms with van der Waals surface area (Å²) in [7, 11) is 0. The van der Waals surface area contributed by atoms with Crippen LogP contribution in [0.2, 0.25) is 0 Å². The normalized spacial score (nSPS) is 11.7. The number of ether oxygens (including phenoxy) is 1. The van der Waals surface area contributed by atoms with Crippen LogP contribution < -0.4 is 11.3 Å². The van der Waals surface area contributed by atoms with Gasteiger partial charge in [-0.15, -0.1) is 12.4 Å². The second-order valence-electron chi connectivity index (χ2n) is 6.03. The first-order chi connectivity index (χ1) is 12.6. The molecule has 7 heteroatoms. The SMILES string of the molecule is Cl.NCC(=O)OCCn1c2c(c3ccccc3c1=O)C(=O)c1ccccc1-2. The quantitative estimate of drug-likeness (QED) is 0.544. The molecule has 1 aliphatic carbocycles. The number of pyridine rings is 1. The van der Waals surface area contributed by atoms with E-state index in [0.29, 0.717) is 27.6 Å². The maximum Gasteiger partial charge on any atom is 0.319 e. The van der Waals surface area contributed by atoms with Crippen molar-refractivity contribution in [1.29, 1.82) is 0 Å². The molecule has 0 aliphatic heterocycles. The van der Waals surface area contributed by atoms with Gasteiger partial charge in [0.25, 0.3) is 5.56 Å². The summed E-state index contributed by atoms with van der Waals surface area (Å²) in [5, 5.41) is 1.11. The molecule has 0 unspecified atom stereocenters. The van der Waals surface area contributed by atoms with E-state index in [1.807, 2.05) is 18.2 Å². The van der Waals surface area contributed by atoms with Crippen LogP contribution in [0.5, 0.6) is 0 Å². The van der Waals surface area contributed by atoms with Crippen LogP contribution in [0.15, 0.2) is 53.3 Å². The third kappa shape index (κ3) is 2.93. The fraction of sp³-hybridized carbons (Fsp3) is 0.150. The molecule has 0 amide bonds. The fourth-order valence-corrected chi connectivity index (χ4v) is 3.45. The largest absolute Gasteiger partial charge is 0.463 e. The van der Waals surface area contributed by atoms with Gasteiger partial charge in [0.05, 0.1) is 24.3 Å². The minimum absolute atomic E-state index is 0. The van der Waals surface area contributed by atoms with E-state index >= 15 is 0 Å². The van der Waals surface area contributed by atoms with Crippen LogP contribution in [0, 0.1) is 0 Å². The maximum absolute atomic E-state index is 13.0. The molecule has 138 valence electrons. The lowest BCUT2D eigenvalue weighted by molar-refractivity contribution is -0.142. The predicted octanol–water partition coefficient (Wildman–Crippen LogP) is 2.14. The second kappa shape index (κ2) is 7.34. The van der Waals surface area contributed by atoms with Gasteiger partial charge in [-0.1, -0.05) is 42.5 Å². The van der Waals surface area contributed by atoms with Crippen molar-refractivity contribution in [3.05, 3.63) is 70.0 Å². The Morgan fingerprint density at radius 2 is 1.59 bits per heavy atom. The van der Waals surface area contributed by atoms with Gasteiger partial charge in [-0.25, -0.2) is 0 Å². The van der Waals surface area contributed by atoms with E-state index in [0.717, 1.165) is 5.56 Å². The monoisotopic (exact) mass is 384 g/mol. The first-order valence-corrected chi connectivity index (χ1v) is 8.29. The summed E-state index contributed by atoms with van der Waals surface area (Å²) in [6.45, 7) is -0.0531. The molecular formula is C20H17ClN2O4. The summed E-state index contributed by atoms with van der Waals surface area (Å²) in [5.74, 6) is -0.633. The number of rotatable bonds is 4. The zero-order chi connectivity index (χ0) is 18.3. The molecular weight excluding hydrogens is 368 g/mol. The number of hydrogen-bond acceptors (Lipinski definition) is 5. The summed E-state index contributed by atoms with van der Waals surface area (Å²) in [6, 6.07) is 14.3. The van der Waals surface area contributed by atoms with Crippen molar-refractivity contribution in [2.45, 2.75) is 6.54 Å². The van der Waals surface area contributed by atoms with E-state index in [-0.39, 0.29) is 43.4 Å². The van der Waals surface area contributed by atoms with Crippen molar-refractivity contribution in [3.63, 3.8) is 0 Å². The molecule has 0 saturated heterocycles. The average Bonchev–Trinajstić information content (AvgIpc) is 2.97. The number of aromatic nitrogens is 1. The lowest BCUT2D eigenvalue weighted by Crippen LogP contribution is -2.27. The molecule has 27 heavy (non-hydrogen) atoms. The van der Waals surface area contributed by atoms with Crippen molar-refractivity contribution in [2.75, 3.05) is 13.2 Å². The van der Waals surface area contributed by atoms with Crippen LogP contribution in [0.1, 0.15) is 15.9 Å². The van der Waals surface area contributed by atoms with Crippen molar-refractivity contribution in [2.24, 2.45) is 5.73 Å². The van der Waals surface area contributed by atoms with Gasteiger partial charge >= 0.3 is 5.97 Å². The molecule has 0 fully saturated rings. The number of nitrogens with zero attached hydrogens (tertiary/aromatic N) is 1. The minimum atomic E-state index is -0.535. The first kappa shape index (κ1) is 18.8. The molecule has 0 bridgehead atoms. The molecule has 0 spiro atoms. The van der Waals surface area contributed by atoms with E-state index in [2.05, 4.69) is 0 Å². The minimum Gasteiger partial charge on any atom is -0.463 e. The zero-order valence-electron chi connectivity index (χ0n) is 14.3. The van der Waals surface area contributed by atoms with Gasteiger partial charge in [-0.2, -0.15) is 0 Å². The number of hydrogen-bond donors (Lipinski definition) is 1. The van der Waals surface area contributed by atoms with Crippen LogP contribution in [-0.2, 0) is 16.1 Å². The van der Waals surface area contributed by atoms with Crippen molar-refractivity contribution < 1.29 is 14.3 Å². The highest BCUT2D eigenvalue weighted by molar-refractivity contribution is 6.26. The summed E-state index contributed by atoms with van der Waals surface area (Å²) in [6.07, 6.45) is 0. The van der Waals surface area contributed by atoms with Crippen molar-refractivity contribution >= 4 is 34.9 Å². The highest BCUT2D eigenvalue weighted by Crippen LogP contribution is 2.38. The molecule has 4 rings (SSSR count). The standard InChI is InChI=1S/C20H16N2O4.ClH/c21-11-16(23)26-10-9-22-18-13-6-2-3-7-14(13)19(24)17(18)12-5-1-4-8-15(12)20(22)25;/h1-8H,9-11,21H2;1H. The van der Waals surface area contributed by atoms with Gasteiger partial charge in [0.2, 0.25) is 0 Å². The van der Waals surface area contributed by atoms with Crippen LogP contribution in [0.25, 0.3) is 22.0 Å². The van der Waals surface area contributed by atoms with Gasteiger partial charge in [0, 0.05) is 21.9 Å². The van der Waals surface area contributed by atoms with E-state index in [1.165, 1.54) is 4.57 Å². The summed E-state index contributed by atoms with van der Waals surface area (Å²) < 4.78 is 6.55. The number of esters is 1. The Hall–Kier alpha value is -2.96. The molecule has 0 radical (unpaired) electrons. The van der Waals surface area contributed by atoms with Crippen LogP contribution in [0.4, 0.5) is 0 Å². The Morgan fingerprint density at radius 3 is 2.30 bits per heavy atom. The van der Waals surface area contributed by atoms with Gasteiger partial charge in [-0.05, 0) is 6.07 Å². The van der Waals surface area contributed by atoms with Crippen LogP contribution in [-0.4, -0.2) is 29.5 Å². The average molecular weight is 385 g/mol. The molecule has 0 saturated carbocycles. The second-order valence-corrected chi connectivity index (χ2v) is 6.03. The van der Waals surface area contributed by atoms with E-state index < -0.39 is 5.97 Å². The Labute approximate surface area is 161 Å². The molecule has 1 heterocycles. The number of fused-ring (bicyclic) bond motifs is 5. The number of nitrogens with two attached hydrogens (primary N) is 1. The topological polar surface area (TPSA) is 91.4 Å². The van der Waals surface area contributed by atoms with E-state index in [4.69, 9.17) is 10.5 Å². The molecule has 3 aromatic rings. The van der Waals surface area contributed by atoms with Crippen molar-refractivity contribution in [1.82, 2.24) is 4.57 Å². The number of halogens is 1. The highest BCUT2D eigenvalue weighted by Gasteiger charge is 2.32.